The number of nitrogens with one attached hydrogen (secondary N) is 1. The smallest absolute Gasteiger partial charge is 0.0721 e. The van der Waals surface area contributed by atoms with E-state index in [1.54, 1.807) is 0 Å². The van der Waals surface area contributed by atoms with Crippen LogP contribution in [0.3, 0.4) is 0 Å². The Morgan fingerprint density at radius 2 is 1.92 bits per heavy atom. The summed E-state index contributed by atoms with van der Waals surface area (Å²) in [4.78, 5) is 0. The normalized spacial score (nSPS) is 22.8. The number of hydrogen-bond acceptors (Lipinski definition) is 3. The predicted octanol–water partition coefficient (Wildman–Crippen LogP) is 6.30. The van der Waals surface area contributed by atoms with Crippen molar-refractivity contribution in [2.24, 2.45) is 5.41 Å². The minimum absolute atomic E-state index is 0.0500. The van der Waals surface area contributed by atoms with Gasteiger partial charge in [0.25, 0.3) is 0 Å². The molecule has 2 nitrogen and oxygen atoms in total. The fraction of sp³-hybridized carbons (Fsp3) is 0.565. The van der Waals surface area contributed by atoms with E-state index in [1.807, 2.05) is 18.0 Å². The van der Waals surface area contributed by atoms with Gasteiger partial charge in [0.2, 0.25) is 0 Å². The summed E-state index contributed by atoms with van der Waals surface area (Å²) in [5.41, 5.74) is 2.78. The van der Waals surface area contributed by atoms with Crippen molar-refractivity contribution in [1.29, 1.82) is 0 Å². The zero-order valence-corrected chi connectivity index (χ0v) is 18.0. The third kappa shape index (κ3) is 6.29. The van der Waals surface area contributed by atoms with Crippen LogP contribution >= 0.6 is 11.9 Å². The Balaban J connectivity index is 2.12. The van der Waals surface area contributed by atoms with Crippen LogP contribution in [0.4, 0.5) is 0 Å². The van der Waals surface area contributed by atoms with E-state index in [4.69, 9.17) is 4.74 Å². The number of rotatable bonds is 8. The summed E-state index contributed by atoms with van der Waals surface area (Å²) >= 11 is 1.81. The second-order valence-electron chi connectivity index (χ2n) is 8.53. The molecule has 1 aliphatic rings. The molecule has 2 rings (SSSR count). The lowest BCUT2D eigenvalue weighted by Gasteiger charge is -2.42. The second-order valence-corrected chi connectivity index (χ2v) is 10.2. The number of hydrogen-bond donors (Lipinski definition) is 1. The first kappa shape index (κ1) is 21.3. The Bertz CT molecular complexity index is 617. The lowest BCUT2D eigenvalue weighted by Crippen LogP contribution is -2.49. The van der Waals surface area contributed by atoms with E-state index < -0.39 is 0 Å². The highest BCUT2D eigenvalue weighted by molar-refractivity contribution is 7.98. The SMILES string of the molecule is CCC1=CC=CC(C)([C@H](NSC(C)(C)C)[C@H](C)OCc2ccccc2)C1. The van der Waals surface area contributed by atoms with Crippen molar-refractivity contribution in [3.63, 3.8) is 0 Å². The van der Waals surface area contributed by atoms with Gasteiger partial charge >= 0.3 is 0 Å². The predicted molar refractivity (Wildman–Crippen MR) is 115 cm³/mol. The summed E-state index contributed by atoms with van der Waals surface area (Å²) < 4.78 is 10.2. The van der Waals surface area contributed by atoms with Crippen molar-refractivity contribution in [2.45, 2.75) is 77.9 Å². The van der Waals surface area contributed by atoms with E-state index in [0.717, 1.165) is 12.8 Å². The van der Waals surface area contributed by atoms with Gasteiger partial charge in [0.1, 0.15) is 0 Å². The standard InChI is InChI=1S/C23H35NOS/c1-7-19-14-11-15-23(6,16-19)21(24-26-22(3,4)5)18(2)25-17-20-12-9-8-10-13-20/h8-15,18,21,24H,7,16-17H2,1-6H3/t18-,21+,23?/m0/s1. The molecule has 0 aromatic heterocycles. The maximum Gasteiger partial charge on any atom is 0.0721 e. The van der Waals surface area contributed by atoms with Crippen molar-refractivity contribution < 1.29 is 4.74 Å². The lowest BCUT2D eigenvalue weighted by molar-refractivity contribution is 0.00758. The van der Waals surface area contributed by atoms with Crippen LogP contribution in [0.2, 0.25) is 0 Å². The molecule has 0 fully saturated rings. The number of ether oxygens (including phenoxy) is 1. The zero-order valence-electron chi connectivity index (χ0n) is 17.2. The van der Waals surface area contributed by atoms with Gasteiger partial charge < -0.3 is 4.74 Å². The molecule has 0 saturated heterocycles. The molecule has 0 bridgehead atoms. The van der Waals surface area contributed by atoms with E-state index >= 15 is 0 Å². The topological polar surface area (TPSA) is 21.3 Å². The average molecular weight is 374 g/mol. The summed E-state index contributed by atoms with van der Waals surface area (Å²) in [6.07, 6.45) is 9.15. The van der Waals surface area contributed by atoms with E-state index in [0.29, 0.717) is 6.61 Å². The Morgan fingerprint density at radius 1 is 1.23 bits per heavy atom. The highest BCUT2D eigenvalue weighted by atomic mass is 32.2. The minimum Gasteiger partial charge on any atom is -0.372 e. The van der Waals surface area contributed by atoms with Crippen LogP contribution in [-0.4, -0.2) is 16.9 Å². The lowest BCUT2D eigenvalue weighted by atomic mass is 9.72. The molecule has 1 unspecified atom stereocenters. The molecule has 1 aromatic carbocycles. The van der Waals surface area contributed by atoms with Gasteiger partial charge in [-0.15, -0.1) is 0 Å². The van der Waals surface area contributed by atoms with Gasteiger partial charge in [0.15, 0.2) is 0 Å². The van der Waals surface area contributed by atoms with Crippen molar-refractivity contribution >= 4 is 11.9 Å². The van der Waals surface area contributed by atoms with E-state index in [-0.39, 0.29) is 22.3 Å². The Morgan fingerprint density at radius 3 is 2.54 bits per heavy atom. The maximum atomic E-state index is 6.31. The highest BCUT2D eigenvalue weighted by Gasteiger charge is 2.38. The molecule has 1 N–H and O–H groups in total. The molecule has 0 aliphatic heterocycles. The number of benzene rings is 1. The first-order valence-electron chi connectivity index (χ1n) is 9.70. The van der Waals surface area contributed by atoms with Crippen molar-refractivity contribution in [2.75, 3.05) is 0 Å². The van der Waals surface area contributed by atoms with Gasteiger partial charge in [-0.25, -0.2) is 0 Å². The summed E-state index contributed by atoms with van der Waals surface area (Å²) in [7, 11) is 0. The van der Waals surface area contributed by atoms with Crippen LogP contribution in [0.15, 0.2) is 54.1 Å². The first-order chi connectivity index (χ1) is 12.2. The van der Waals surface area contributed by atoms with E-state index in [1.165, 1.54) is 11.1 Å². The maximum absolute atomic E-state index is 6.31. The fourth-order valence-electron chi connectivity index (χ4n) is 3.37. The summed E-state index contributed by atoms with van der Waals surface area (Å²) in [5, 5.41) is 0. The molecule has 0 heterocycles. The molecule has 0 radical (unpaired) electrons. The Hall–Kier alpha value is -1.03. The van der Waals surface area contributed by atoms with Crippen molar-refractivity contribution in [1.82, 2.24) is 4.72 Å². The average Bonchev–Trinajstić information content (AvgIpc) is 2.59. The molecule has 0 saturated carbocycles. The molecule has 0 amide bonds. The van der Waals surface area contributed by atoms with E-state index in [2.05, 4.69) is 88.8 Å². The van der Waals surface area contributed by atoms with Gasteiger partial charge in [0, 0.05) is 10.2 Å². The van der Waals surface area contributed by atoms with Gasteiger partial charge in [-0.3, -0.25) is 4.72 Å². The zero-order chi connectivity index (χ0) is 19.2. The molecule has 3 heteroatoms. The monoisotopic (exact) mass is 373 g/mol. The Kier molecular flexibility index (Phi) is 7.57. The quantitative estimate of drug-likeness (QED) is 0.540. The molecule has 144 valence electrons. The van der Waals surface area contributed by atoms with Crippen LogP contribution in [0.1, 0.15) is 59.9 Å². The highest BCUT2D eigenvalue weighted by Crippen LogP contribution is 2.39. The summed E-state index contributed by atoms with van der Waals surface area (Å²) in [6.45, 7) is 14.2. The fourth-order valence-corrected chi connectivity index (χ4v) is 4.31. The molecular formula is C23H35NOS. The molecule has 1 aliphatic carbocycles. The third-order valence-electron chi connectivity index (χ3n) is 4.90. The van der Waals surface area contributed by atoms with Gasteiger partial charge in [0.05, 0.1) is 18.8 Å². The minimum atomic E-state index is 0.0500. The number of allylic oxidation sites excluding steroid dienone is 3. The van der Waals surface area contributed by atoms with Gasteiger partial charge in [-0.2, -0.15) is 0 Å². The molecule has 3 atom stereocenters. The largest absolute Gasteiger partial charge is 0.372 e. The summed E-state index contributed by atoms with van der Waals surface area (Å²) in [5.74, 6) is 0. The van der Waals surface area contributed by atoms with Gasteiger partial charge in [-0.1, -0.05) is 79.9 Å². The van der Waals surface area contributed by atoms with Gasteiger partial charge in [-0.05, 0) is 46.1 Å². The molecule has 26 heavy (non-hydrogen) atoms. The van der Waals surface area contributed by atoms with Crippen LogP contribution in [-0.2, 0) is 11.3 Å². The second kappa shape index (κ2) is 9.25. The van der Waals surface area contributed by atoms with Crippen molar-refractivity contribution in [3.8, 4) is 0 Å². The van der Waals surface area contributed by atoms with Crippen LogP contribution in [0.25, 0.3) is 0 Å². The Labute approximate surface area is 164 Å². The third-order valence-corrected chi connectivity index (χ3v) is 5.88. The van der Waals surface area contributed by atoms with Crippen LogP contribution in [0.5, 0.6) is 0 Å². The van der Waals surface area contributed by atoms with Crippen molar-refractivity contribution in [3.05, 3.63) is 59.7 Å². The first-order valence-corrected chi connectivity index (χ1v) is 10.5. The van der Waals surface area contributed by atoms with Crippen LogP contribution in [0, 0.1) is 5.41 Å². The molecular weight excluding hydrogens is 338 g/mol. The molecule has 1 aromatic rings. The van der Waals surface area contributed by atoms with Crippen LogP contribution < -0.4 is 4.72 Å². The van der Waals surface area contributed by atoms with E-state index in [9.17, 15) is 0 Å². The summed E-state index contributed by atoms with van der Waals surface area (Å²) in [6, 6.07) is 10.7. The molecule has 0 spiro atoms.